The number of hydrogen-bond donors (Lipinski definition) is 1. The smallest absolute Gasteiger partial charge is 0.360 e. The zero-order valence-electron chi connectivity index (χ0n) is 9.47. The predicted octanol–water partition coefficient (Wildman–Crippen LogP) is 0.277. The number of aromatic nitrogens is 3. The number of nitrogens with two attached hydrogens (primary N) is 1. The number of esters is 1. The molecule has 0 spiro atoms. The van der Waals surface area contributed by atoms with Crippen molar-refractivity contribution in [3.05, 3.63) is 11.4 Å². The first-order chi connectivity index (χ1) is 7.74. The number of carbonyl (C=O) groups is 1. The summed E-state index contributed by atoms with van der Waals surface area (Å²) in [6.07, 6.45) is 2.01. The molecule has 0 amide bonds. The summed E-state index contributed by atoms with van der Waals surface area (Å²) in [5.74, 6) is 0.442. The Labute approximate surface area is 98.5 Å². The maximum absolute atomic E-state index is 11.5. The lowest BCUT2D eigenvalue weighted by Crippen LogP contribution is -2.15. The molecule has 1 aromatic heterocycles. The average molecular weight is 244 g/mol. The van der Waals surface area contributed by atoms with Crippen molar-refractivity contribution in [2.24, 2.45) is 5.73 Å². The van der Waals surface area contributed by atoms with E-state index in [1.165, 1.54) is 0 Å². The molecule has 6 nitrogen and oxygen atoms in total. The maximum atomic E-state index is 11.5. The Morgan fingerprint density at radius 2 is 2.38 bits per heavy atom. The lowest BCUT2D eigenvalue weighted by atomic mass is 10.3. The standard InChI is InChI=1S/C9H16N4O2S/c1-3-15-9(14)8-7(6-10)13(12-11-8)4-5-16-2/h3-6,10H2,1-2H3. The Morgan fingerprint density at radius 3 is 2.94 bits per heavy atom. The molecule has 7 heteroatoms. The van der Waals surface area contributed by atoms with Crippen molar-refractivity contribution in [3.8, 4) is 0 Å². The summed E-state index contributed by atoms with van der Waals surface area (Å²) in [6, 6.07) is 0. The van der Waals surface area contributed by atoms with Gasteiger partial charge in [-0.15, -0.1) is 5.10 Å². The fourth-order valence-electron chi connectivity index (χ4n) is 1.25. The lowest BCUT2D eigenvalue weighted by molar-refractivity contribution is 0.0518. The number of aryl methyl sites for hydroxylation is 1. The Balaban J connectivity index is 2.85. The summed E-state index contributed by atoms with van der Waals surface area (Å²) in [4.78, 5) is 11.5. The number of nitrogens with zero attached hydrogens (tertiary/aromatic N) is 3. The summed E-state index contributed by atoms with van der Waals surface area (Å²) in [7, 11) is 0. The van der Waals surface area contributed by atoms with E-state index >= 15 is 0 Å². The van der Waals surface area contributed by atoms with Crippen LogP contribution >= 0.6 is 11.8 Å². The Hall–Kier alpha value is -1.08. The van der Waals surface area contributed by atoms with Gasteiger partial charge in [0.1, 0.15) is 0 Å². The first-order valence-corrected chi connectivity index (χ1v) is 6.42. The van der Waals surface area contributed by atoms with Gasteiger partial charge in [-0.05, 0) is 13.2 Å². The molecule has 16 heavy (non-hydrogen) atoms. The van der Waals surface area contributed by atoms with Gasteiger partial charge in [0, 0.05) is 12.3 Å². The van der Waals surface area contributed by atoms with E-state index in [0.717, 1.165) is 5.75 Å². The minimum absolute atomic E-state index is 0.227. The molecule has 0 aliphatic heterocycles. The van der Waals surface area contributed by atoms with Crippen LogP contribution in [-0.2, 0) is 17.8 Å². The zero-order chi connectivity index (χ0) is 12.0. The van der Waals surface area contributed by atoms with Crippen molar-refractivity contribution in [2.45, 2.75) is 20.0 Å². The molecule has 0 fully saturated rings. The molecule has 90 valence electrons. The van der Waals surface area contributed by atoms with E-state index in [4.69, 9.17) is 10.5 Å². The second-order valence-corrected chi connectivity index (χ2v) is 4.01. The molecule has 0 aliphatic rings. The quantitative estimate of drug-likeness (QED) is 0.723. The minimum Gasteiger partial charge on any atom is -0.461 e. The summed E-state index contributed by atoms with van der Waals surface area (Å²) >= 11 is 1.70. The molecule has 1 heterocycles. The van der Waals surface area contributed by atoms with Crippen LogP contribution in [-0.4, -0.2) is 39.6 Å². The van der Waals surface area contributed by atoms with E-state index in [0.29, 0.717) is 18.8 Å². The first-order valence-electron chi connectivity index (χ1n) is 5.03. The van der Waals surface area contributed by atoms with Gasteiger partial charge in [0.25, 0.3) is 0 Å². The van der Waals surface area contributed by atoms with Gasteiger partial charge in [-0.2, -0.15) is 11.8 Å². The van der Waals surface area contributed by atoms with Crippen molar-refractivity contribution in [2.75, 3.05) is 18.6 Å². The minimum atomic E-state index is -0.460. The van der Waals surface area contributed by atoms with E-state index in [1.54, 1.807) is 23.4 Å². The highest BCUT2D eigenvalue weighted by molar-refractivity contribution is 7.98. The van der Waals surface area contributed by atoms with Crippen molar-refractivity contribution in [1.29, 1.82) is 0 Å². The molecule has 1 aromatic rings. The first kappa shape index (κ1) is 13.0. The molecule has 0 radical (unpaired) electrons. The molecule has 1 rings (SSSR count). The van der Waals surface area contributed by atoms with Crippen LogP contribution in [0.4, 0.5) is 0 Å². The Kier molecular flexibility index (Phi) is 5.27. The van der Waals surface area contributed by atoms with Crippen LogP contribution in [0.5, 0.6) is 0 Å². The van der Waals surface area contributed by atoms with Crippen molar-refractivity contribution in [1.82, 2.24) is 15.0 Å². The summed E-state index contributed by atoms with van der Waals surface area (Å²) in [6.45, 7) is 2.99. The van der Waals surface area contributed by atoms with Crippen LogP contribution in [0.2, 0.25) is 0 Å². The van der Waals surface area contributed by atoms with E-state index in [9.17, 15) is 4.79 Å². The molecule has 0 unspecified atom stereocenters. The number of thioether (sulfide) groups is 1. The van der Waals surface area contributed by atoms with Crippen LogP contribution in [0.3, 0.4) is 0 Å². The van der Waals surface area contributed by atoms with E-state index in [1.807, 2.05) is 6.26 Å². The second-order valence-electron chi connectivity index (χ2n) is 3.03. The molecular formula is C9H16N4O2S. The molecule has 0 aromatic carbocycles. The topological polar surface area (TPSA) is 83.0 Å². The van der Waals surface area contributed by atoms with Gasteiger partial charge in [-0.1, -0.05) is 5.21 Å². The SMILES string of the molecule is CCOC(=O)c1nnn(CCSC)c1CN. The van der Waals surface area contributed by atoms with Gasteiger partial charge in [-0.25, -0.2) is 9.48 Å². The molecule has 0 bridgehead atoms. The van der Waals surface area contributed by atoms with E-state index in [-0.39, 0.29) is 12.2 Å². The van der Waals surface area contributed by atoms with Gasteiger partial charge in [-0.3, -0.25) is 0 Å². The van der Waals surface area contributed by atoms with Crippen LogP contribution in [0.1, 0.15) is 23.1 Å². The fourth-order valence-corrected chi connectivity index (χ4v) is 1.61. The van der Waals surface area contributed by atoms with Gasteiger partial charge >= 0.3 is 5.97 Å². The normalized spacial score (nSPS) is 10.4. The highest BCUT2D eigenvalue weighted by Crippen LogP contribution is 2.07. The molecule has 0 saturated carbocycles. The third-order valence-corrected chi connectivity index (χ3v) is 2.60. The number of carbonyl (C=O) groups excluding carboxylic acids is 1. The fraction of sp³-hybridized carbons (Fsp3) is 0.667. The highest BCUT2D eigenvalue weighted by Gasteiger charge is 2.19. The molecule has 0 aliphatic carbocycles. The van der Waals surface area contributed by atoms with Crippen molar-refractivity contribution < 1.29 is 9.53 Å². The summed E-state index contributed by atoms with van der Waals surface area (Å²) < 4.78 is 6.53. The Bertz CT molecular complexity index is 353. The lowest BCUT2D eigenvalue weighted by Gasteiger charge is -2.04. The largest absolute Gasteiger partial charge is 0.461 e. The van der Waals surface area contributed by atoms with Gasteiger partial charge in [0.05, 0.1) is 18.8 Å². The van der Waals surface area contributed by atoms with Gasteiger partial charge in [0.2, 0.25) is 0 Å². The average Bonchev–Trinajstić information content (AvgIpc) is 2.69. The maximum Gasteiger partial charge on any atom is 0.360 e. The third-order valence-electron chi connectivity index (χ3n) is 2.01. The van der Waals surface area contributed by atoms with Crippen molar-refractivity contribution in [3.63, 3.8) is 0 Å². The van der Waals surface area contributed by atoms with Crippen LogP contribution in [0.15, 0.2) is 0 Å². The zero-order valence-corrected chi connectivity index (χ0v) is 10.3. The third kappa shape index (κ3) is 2.96. The van der Waals surface area contributed by atoms with E-state index in [2.05, 4.69) is 10.3 Å². The molecule has 0 atom stereocenters. The van der Waals surface area contributed by atoms with Crippen LogP contribution in [0.25, 0.3) is 0 Å². The summed E-state index contributed by atoms with van der Waals surface area (Å²) in [5.41, 5.74) is 6.45. The number of ether oxygens (including phenoxy) is 1. The van der Waals surface area contributed by atoms with Crippen LogP contribution in [0, 0.1) is 0 Å². The van der Waals surface area contributed by atoms with Crippen molar-refractivity contribution >= 4 is 17.7 Å². The van der Waals surface area contributed by atoms with Crippen LogP contribution < -0.4 is 5.73 Å². The Morgan fingerprint density at radius 1 is 1.62 bits per heavy atom. The number of hydrogen-bond acceptors (Lipinski definition) is 6. The second kappa shape index (κ2) is 6.49. The molecule has 2 N–H and O–H groups in total. The number of rotatable bonds is 6. The molecule has 0 saturated heterocycles. The summed E-state index contributed by atoms with van der Waals surface area (Å²) in [5, 5.41) is 7.71. The van der Waals surface area contributed by atoms with Gasteiger partial charge < -0.3 is 10.5 Å². The predicted molar refractivity (Wildman–Crippen MR) is 62.3 cm³/mol. The van der Waals surface area contributed by atoms with E-state index < -0.39 is 5.97 Å². The molecular weight excluding hydrogens is 228 g/mol. The monoisotopic (exact) mass is 244 g/mol. The van der Waals surface area contributed by atoms with Gasteiger partial charge in [0.15, 0.2) is 5.69 Å². The highest BCUT2D eigenvalue weighted by atomic mass is 32.2.